The van der Waals surface area contributed by atoms with E-state index in [1.165, 1.54) is 0 Å². The quantitative estimate of drug-likeness (QED) is 0.789. The molecule has 0 aromatic heterocycles. The average molecular weight is 398 g/mol. The first-order valence-corrected chi connectivity index (χ1v) is 9.58. The van der Waals surface area contributed by atoms with Gasteiger partial charge in [-0.15, -0.1) is 0 Å². The van der Waals surface area contributed by atoms with Crippen molar-refractivity contribution in [3.05, 3.63) is 40.4 Å². The summed E-state index contributed by atoms with van der Waals surface area (Å²) in [5, 5.41) is 21.7. The van der Waals surface area contributed by atoms with E-state index in [0.29, 0.717) is 22.9 Å². The Hall–Kier alpha value is -2.97. The van der Waals surface area contributed by atoms with Crippen molar-refractivity contribution < 1.29 is 14.3 Å². The second-order valence-corrected chi connectivity index (χ2v) is 7.92. The zero-order valence-electron chi connectivity index (χ0n) is 16.3. The zero-order valence-corrected chi connectivity index (χ0v) is 17.1. The standard InChI is InChI=1S/C20H22N4O3S/c1-20(2)14(9-21)18(26)23-19(15(20)10-22)28-12-17(25)24(3)11-13-7-5-6-8-16(13)27-4/h5-8,14H,11-12H2,1-4H3,(H,23,26)/t14-/m0/s1. The minimum Gasteiger partial charge on any atom is -0.496 e. The molecule has 7 nitrogen and oxygen atoms in total. The number of allylic oxidation sites excluding steroid dienone is 1. The molecule has 1 aromatic rings. The Balaban J connectivity index is 2.11. The summed E-state index contributed by atoms with van der Waals surface area (Å²) in [5.74, 6) is -0.803. The van der Waals surface area contributed by atoms with Gasteiger partial charge >= 0.3 is 0 Å². The first kappa shape index (κ1) is 21.3. The van der Waals surface area contributed by atoms with Crippen molar-refractivity contribution in [3.63, 3.8) is 0 Å². The number of nitrogens with one attached hydrogen (secondary N) is 1. The summed E-state index contributed by atoms with van der Waals surface area (Å²) in [7, 11) is 3.26. The number of methoxy groups -OCH3 is 1. The van der Waals surface area contributed by atoms with Gasteiger partial charge in [-0.25, -0.2) is 0 Å². The van der Waals surface area contributed by atoms with Crippen LogP contribution in [-0.2, 0) is 16.1 Å². The van der Waals surface area contributed by atoms with Crippen LogP contribution in [0.2, 0.25) is 0 Å². The fraction of sp³-hybridized carbons (Fsp3) is 0.400. The molecule has 146 valence electrons. The van der Waals surface area contributed by atoms with Gasteiger partial charge in [-0.05, 0) is 6.07 Å². The number of hydrogen-bond donors (Lipinski definition) is 1. The SMILES string of the molecule is COc1ccccc1CN(C)C(=O)CSC1=C(C#N)C(C)(C)[C@@H](C#N)C(=O)N1. The van der Waals surface area contributed by atoms with Crippen LogP contribution in [0.15, 0.2) is 34.9 Å². The average Bonchev–Trinajstić information content (AvgIpc) is 2.65. The molecule has 1 heterocycles. The molecule has 0 unspecified atom stereocenters. The van der Waals surface area contributed by atoms with Crippen molar-refractivity contribution in [2.75, 3.05) is 19.9 Å². The molecule has 1 aromatic carbocycles. The molecule has 8 heteroatoms. The maximum atomic E-state index is 12.5. The maximum absolute atomic E-state index is 12.5. The molecular formula is C20H22N4O3S. The first-order chi connectivity index (χ1) is 13.3. The van der Waals surface area contributed by atoms with Gasteiger partial charge < -0.3 is 15.0 Å². The number of nitrogens with zero attached hydrogens (tertiary/aromatic N) is 3. The number of benzene rings is 1. The monoisotopic (exact) mass is 398 g/mol. The van der Waals surface area contributed by atoms with Crippen LogP contribution in [0, 0.1) is 34.0 Å². The third-order valence-electron chi connectivity index (χ3n) is 4.70. The third kappa shape index (κ3) is 4.29. The van der Waals surface area contributed by atoms with Crippen molar-refractivity contribution in [1.29, 1.82) is 10.5 Å². The van der Waals surface area contributed by atoms with E-state index < -0.39 is 17.2 Å². The molecular weight excluding hydrogens is 376 g/mol. The van der Waals surface area contributed by atoms with Crippen LogP contribution in [0.1, 0.15) is 19.4 Å². The summed E-state index contributed by atoms with van der Waals surface area (Å²) in [5.41, 5.74) is 0.274. The summed E-state index contributed by atoms with van der Waals surface area (Å²) in [4.78, 5) is 26.3. The number of amides is 2. The molecule has 0 bridgehead atoms. The molecule has 1 aliphatic heterocycles. The second-order valence-electron chi connectivity index (χ2n) is 6.94. The van der Waals surface area contributed by atoms with E-state index in [4.69, 9.17) is 4.74 Å². The zero-order chi connectivity index (χ0) is 20.9. The maximum Gasteiger partial charge on any atom is 0.243 e. The number of thioether (sulfide) groups is 1. The summed E-state index contributed by atoms with van der Waals surface area (Å²) in [6.07, 6.45) is 0. The fourth-order valence-corrected chi connectivity index (χ4v) is 4.07. The van der Waals surface area contributed by atoms with E-state index in [0.717, 1.165) is 17.3 Å². The Kier molecular flexibility index (Phi) is 6.71. The van der Waals surface area contributed by atoms with Gasteiger partial charge in [-0.3, -0.25) is 9.59 Å². The third-order valence-corrected chi connectivity index (χ3v) is 5.68. The molecule has 2 amide bonds. The summed E-state index contributed by atoms with van der Waals surface area (Å²) < 4.78 is 5.30. The fourth-order valence-electron chi connectivity index (χ4n) is 2.96. The molecule has 1 atom stereocenters. The number of carbonyl (C=O) groups is 2. The van der Waals surface area contributed by atoms with Crippen molar-refractivity contribution in [1.82, 2.24) is 10.2 Å². The Labute approximate surface area is 168 Å². The van der Waals surface area contributed by atoms with Crippen LogP contribution < -0.4 is 10.1 Å². The van der Waals surface area contributed by atoms with E-state index in [9.17, 15) is 20.1 Å². The Bertz CT molecular complexity index is 895. The van der Waals surface area contributed by atoms with Crippen molar-refractivity contribution in [2.24, 2.45) is 11.3 Å². The van der Waals surface area contributed by atoms with E-state index in [1.54, 1.807) is 32.9 Å². The first-order valence-electron chi connectivity index (χ1n) is 8.60. The lowest BCUT2D eigenvalue weighted by Gasteiger charge is -2.34. The summed E-state index contributed by atoms with van der Waals surface area (Å²) in [6, 6.07) is 11.5. The summed E-state index contributed by atoms with van der Waals surface area (Å²) >= 11 is 1.10. The van der Waals surface area contributed by atoms with Crippen molar-refractivity contribution in [2.45, 2.75) is 20.4 Å². The lowest BCUT2D eigenvalue weighted by atomic mass is 9.72. The number of nitriles is 2. The molecule has 1 N–H and O–H groups in total. The smallest absolute Gasteiger partial charge is 0.243 e. The molecule has 28 heavy (non-hydrogen) atoms. The normalized spacial score (nSPS) is 17.9. The van der Waals surface area contributed by atoms with Crippen molar-refractivity contribution >= 4 is 23.6 Å². The van der Waals surface area contributed by atoms with Gasteiger partial charge in [-0.2, -0.15) is 10.5 Å². The van der Waals surface area contributed by atoms with Crippen LogP contribution in [0.4, 0.5) is 0 Å². The van der Waals surface area contributed by atoms with E-state index >= 15 is 0 Å². The molecule has 0 radical (unpaired) electrons. The topological polar surface area (TPSA) is 106 Å². The van der Waals surface area contributed by atoms with E-state index in [1.807, 2.05) is 30.3 Å². The minimum absolute atomic E-state index is 0.0553. The molecule has 1 aliphatic rings. The van der Waals surface area contributed by atoms with E-state index in [2.05, 4.69) is 11.4 Å². The molecule has 0 spiro atoms. The number of hydrogen-bond acceptors (Lipinski definition) is 6. The highest BCUT2D eigenvalue weighted by atomic mass is 32.2. The minimum atomic E-state index is -0.949. The number of ether oxygens (including phenoxy) is 1. The van der Waals surface area contributed by atoms with Crippen LogP contribution in [-0.4, -0.2) is 36.6 Å². The van der Waals surface area contributed by atoms with E-state index in [-0.39, 0.29) is 11.7 Å². The lowest BCUT2D eigenvalue weighted by Crippen LogP contribution is -2.44. The highest BCUT2D eigenvalue weighted by Gasteiger charge is 2.44. The Morgan fingerprint density at radius 2 is 2.04 bits per heavy atom. The molecule has 0 saturated carbocycles. The number of carbonyl (C=O) groups excluding carboxylic acids is 2. The van der Waals surface area contributed by atoms with Crippen LogP contribution in [0.3, 0.4) is 0 Å². The van der Waals surface area contributed by atoms with Gasteiger partial charge in [0.2, 0.25) is 11.8 Å². The number of rotatable bonds is 6. The highest BCUT2D eigenvalue weighted by Crippen LogP contribution is 2.41. The number of para-hydroxylation sites is 1. The molecule has 0 saturated heterocycles. The van der Waals surface area contributed by atoms with Gasteiger partial charge in [0.15, 0.2) is 0 Å². The molecule has 0 fully saturated rings. The highest BCUT2D eigenvalue weighted by molar-refractivity contribution is 8.03. The molecule has 0 aliphatic carbocycles. The largest absolute Gasteiger partial charge is 0.496 e. The van der Waals surface area contributed by atoms with Crippen LogP contribution in [0.5, 0.6) is 5.75 Å². The van der Waals surface area contributed by atoms with Gasteiger partial charge in [0.25, 0.3) is 0 Å². The van der Waals surface area contributed by atoms with Gasteiger partial charge in [-0.1, -0.05) is 43.8 Å². The van der Waals surface area contributed by atoms with Gasteiger partial charge in [0, 0.05) is 24.6 Å². The second kappa shape index (κ2) is 8.81. The van der Waals surface area contributed by atoms with Crippen molar-refractivity contribution in [3.8, 4) is 17.9 Å². The van der Waals surface area contributed by atoms with Crippen LogP contribution >= 0.6 is 11.8 Å². The Morgan fingerprint density at radius 3 is 2.64 bits per heavy atom. The molecule has 2 rings (SSSR count). The lowest BCUT2D eigenvalue weighted by molar-refractivity contribution is -0.128. The predicted molar refractivity (Wildman–Crippen MR) is 106 cm³/mol. The summed E-state index contributed by atoms with van der Waals surface area (Å²) in [6.45, 7) is 3.75. The van der Waals surface area contributed by atoms with Gasteiger partial charge in [0.05, 0.1) is 35.6 Å². The van der Waals surface area contributed by atoms with Crippen LogP contribution in [0.25, 0.3) is 0 Å². The Morgan fingerprint density at radius 1 is 1.36 bits per heavy atom. The van der Waals surface area contributed by atoms with Gasteiger partial charge in [0.1, 0.15) is 11.7 Å². The predicted octanol–water partition coefficient (Wildman–Crippen LogP) is 2.42.